The molecule has 1 heterocycles. The summed E-state index contributed by atoms with van der Waals surface area (Å²) in [5.41, 5.74) is 4.26. The van der Waals surface area contributed by atoms with Gasteiger partial charge in [0.2, 0.25) is 0 Å². The first-order chi connectivity index (χ1) is 14.8. The number of thioether (sulfide) groups is 2. The number of carbonyl (C=O) groups excluding carboxylic acids is 1. The van der Waals surface area contributed by atoms with Gasteiger partial charge in [-0.1, -0.05) is 24.3 Å². The molecule has 2 aromatic carbocycles. The highest BCUT2D eigenvalue weighted by molar-refractivity contribution is 8.18. The summed E-state index contributed by atoms with van der Waals surface area (Å²) in [5, 5.41) is 11.9. The van der Waals surface area contributed by atoms with Crippen LogP contribution in [0.25, 0.3) is 6.08 Å². The minimum atomic E-state index is -0.400. The van der Waals surface area contributed by atoms with Crippen molar-refractivity contribution in [2.75, 3.05) is 18.6 Å². The molecule has 0 spiro atoms. The number of aryl methyl sites for hydroxylation is 3. The lowest BCUT2D eigenvalue weighted by atomic mass is 10.1. The van der Waals surface area contributed by atoms with Gasteiger partial charge in [-0.05, 0) is 79.8 Å². The summed E-state index contributed by atoms with van der Waals surface area (Å²) in [6, 6.07) is 11.1. The number of amides is 1. The first-order valence-corrected chi connectivity index (χ1v) is 12.1. The first-order valence-electron chi connectivity index (χ1n) is 9.91. The van der Waals surface area contributed by atoms with Gasteiger partial charge in [0.15, 0.2) is 5.17 Å². The molecule has 1 amide bonds. The van der Waals surface area contributed by atoms with Gasteiger partial charge >= 0.3 is 0 Å². The van der Waals surface area contributed by atoms with E-state index in [1.54, 1.807) is 41.8 Å². The van der Waals surface area contributed by atoms with E-state index in [0.29, 0.717) is 27.7 Å². The Bertz CT molecular complexity index is 1080. The maximum Gasteiger partial charge on any atom is 0.272 e. The molecule has 1 saturated heterocycles. The minimum absolute atomic E-state index is 0.0471. The van der Waals surface area contributed by atoms with Crippen LogP contribution in [0.4, 0.5) is 11.4 Å². The molecule has 0 N–H and O–H groups in total. The van der Waals surface area contributed by atoms with Gasteiger partial charge in [0.25, 0.3) is 11.6 Å². The maximum atomic E-state index is 13.2. The van der Waals surface area contributed by atoms with Gasteiger partial charge in [0.1, 0.15) is 0 Å². The lowest BCUT2D eigenvalue weighted by molar-refractivity contribution is -0.385. The zero-order chi connectivity index (χ0) is 22.5. The summed E-state index contributed by atoms with van der Waals surface area (Å²) in [5.74, 6) is 0.840. The van der Waals surface area contributed by atoms with Crippen molar-refractivity contribution in [3.05, 3.63) is 73.7 Å². The molecule has 8 heteroatoms. The Labute approximate surface area is 191 Å². The number of nitro groups is 1. The lowest BCUT2D eigenvalue weighted by Crippen LogP contribution is -2.30. The fourth-order valence-corrected chi connectivity index (χ4v) is 4.60. The highest BCUT2D eigenvalue weighted by Gasteiger charge is 2.33. The fourth-order valence-electron chi connectivity index (χ4n) is 3.16. The Morgan fingerprint density at radius 2 is 1.90 bits per heavy atom. The van der Waals surface area contributed by atoms with Gasteiger partial charge in [0, 0.05) is 18.2 Å². The summed E-state index contributed by atoms with van der Waals surface area (Å²) >= 11 is 3.06. The van der Waals surface area contributed by atoms with E-state index in [9.17, 15) is 14.9 Å². The van der Waals surface area contributed by atoms with E-state index >= 15 is 0 Å². The zero-order valence-electron chi connectivity index (χ0n) is 18.0. The monoisotopic (exact) mass is 455 g/mol. The molecule has 0 saturated carbocycles. The summed E-state index contributed by atoms with van der Waals surface area (Å²) in [7, 11) is 0. The number of benzene rings is 2. The number of rotatable bonds is 7. The largest absolute Gasteiger partial charge is 0.286 e. The normalized spacial score (nSPS) is 16.5. The summed E-state index contributed by atoms with van der Waals surface area (Å²) in [6.45, 7) is 6.30. The third-order valence-electron chi connectivity index (χ3n) is 4.93. The van der Waals surface area contributed by atoms with Gasteiger partial charge in [-0.2, -0.15) is 11.8 Å². The van der Waals surface area contributed by atoms with Crippen LogP contribution in [0.3, 0.4) is 0 Å². The van der Waals surface area contributed by atoms with Crippen molar-refractivity contribution in [2.45, 2.75) is 27.2 Å². The van der Waals surface area contributed by atoms with E-state index in [-0.39, 0.29) is 11.6 Å². The Morgan fingerprint density at radius 1 is 1.16 bits per heavy atom. The van der Waals surface area contributed by atoms with Gasteiger partial charge in [-0.25, -0.2) is 4.99 Å². The van der Waals surface area contributed by atoms with Crippen LogP contribution in [-0.2, 0) is 4.79 Å². The third kappa shape index (κ3) is 5.57. The Kier molecular flexibility index (Phi) is 7.56. The van der Waals surface area contributed by atoms with Gasteiger partial charge in [0.05, 0.1) is 15.5 Å². The molecule has 0 aliphatic carbocycles. The number of nitro benzene ring substituents is 1. The van der Waals surface area contributed by atoms with Crippen molar-refractivity contribution in [1.82, 2.24) is 4.90 Å². The summed E-state index contributed by atoms with van der Waals surface area (Å²) in [4.78, 5) is 31.1. The minimum Gasteiger partial charge on any atom is -0.286 e. The molecular weight excluding hydrogens is 430 g/mol. The number of carbonyl (C=O) groups is 1. The average molecular weight is 456 g/mol. The summed E-state index contributed by atoms with van der Waals surface area (Å²) < 4.78 is 0. The fraction of sp³-hybridized carbons (Fsp3) is 0.304. The van der Waals surface area contributed by atoms with Gasteiger partial charge in [-0.3, -0.25) is 19.8 Å². The van der Waals surface area contributed by atoms with E-state index in [1.807, 2.05) is 38.3 Å². The van der Waals surface area contributed by atoms with Crippen LogP contribution in [0.2, 0.25) is 0 Å². The van der Waals surface area contributed by atoms with E-state index in [2.05, 4.69) is 0 Å². The van der Waals surface area contributed by atoms with Crippen LogP contribution in [0.15, 0.2) is 46.3 Å². The van der Waals surface area contributed by atoms with Crippen molar-refractivity contribution >= 4 is 52.0 Å². The van der Waals surface area contributed by atoms with Crippen LogP contribution >= 0.6 is 23.5 Å². The molecule has 0 unspecified atom stereocenters. The van der Waals surface area contributed by atoms with E-state index in [1.165, 1.54) is 17.8 Å². The molecule has 1 aliphatic rings. The predicted molar refractivity (Wildman–Crippen MR) is 131 cm³/mol. The van der Waals surface area contributed by atoms with Crippen LogP contribution in [0, 0.1) is 30.9 Å². The molecule has 6 nitrogen and oxygen atoms in total. The Hall–Kier alpha value is -2.58. The SMILES string of the molecule is CSCCCN1C(=O)/C(=C\c2ccc(C)c([N+](=O)[O-])c2)SC1=Nc1cc(C)ccc1C. The number of hydrogen-bond acceptors (Lipinski definition) is 6. The molecule has 0 atom stereocenters. The van der Waals surface area contributed by atoms with E-state index in [0.717, 1.165) is 29.0 Å². The predicted octanol–water partition coefficient (Wildman–Crippen LogP) is 5.88. The summed E-state index contributed by atoms with van der Waals surface area (Å²) in [6.07, 6.45) is 4.62. The molecule has 1 fully saturated rings. The molecule has 0 aromatic heterocycles. The molecule has 3 rings (SSSR count). The van der Waals surface area contributed by atoms with E-state index in [4.69, 9.17) is 4.99 Å². The third-order valence-corrected chi connectivity index (χ3v) is 6.63. The molecule has 1 aliphatic heterocycles. The quantitative estimate of drug-likeness (QED) is 0.226. The number of nitrogens with zero attached hydrogens (tertiary/aromatic N) is 3. The molecule has 31 heavy (non-hydrogen) atoms. The van der Waals surface area contributed by atoms with Crippen molar-refractivity contribution in [1.29, 1.82) is 0 Å². The van der Waals surface area contributed by atoms with Crippen LogP contribution in [-0.4, -0.2) is 39.5 Å². The topological polar surface area (TPSA) is 75.8 Å². The Morgan fingerprint density at radius 3 is 2.61 bits per heavy atom. The van der Waals surface area contributed by atoms with Crippen molar-refractivity contribution in [2.24, 2.45) is 4.99 Å². The zero-order valence-corrected chi connectivity index (χ0v) is 19.7. The van der Waals surface area contributed by atoms with Gasteiger partial charge in [-0.15, -0.1) is 0 Å². The first kappa shape index (κ1) is 23.1. The molecule has 2 aromatic rings. The number of hydrogen-bond donors (Lipinski definition) is 0. The second kappa shape index (κ2) is 10.2. The van der Waals surface area contributed by atoms with Crippen molar-refractivity contribution in [3.63, 3.8) is 0 Å². The standard InChI is InChI=1S/C23H25N3O3S2/c1-15-6-7-16(2)19(12-15)24-23-25(10-5-11-30-4)22(27)21(31-23)14-18-9-8-17(3)20(13-18)26(28)29/h6-9,12-14H,5,10-11H2,1-4H3/b21-14+,24-23?. The van der Waals surface area contributed by atoms with Crippen LogP contribution in [0.1, 0.15) is 28.7 Å². The second-order valence-electron chi connectivity index (χ2n) is 7.40. The molecule has 162 valence electrons. The smallest absolute Gasteiger partial charge is 0.272 e. The highest BCUT2D eigenvalue weighted by Crippen LogP contribution is 2.35. The maximum absolute atomic E-state index is 13.2. The highest BCUT2D eigenvalue weighted by atomic mass is 32.2. The van der Waals surface area contributed by atoms with Crippen molar-refractivity contribution in [3.8, 4) is 0 Å². The van der Waals surface area contributed by atoms with E-state index < -0.39 is 4.92 Å². The molecular formula is C23H25N3O3S2. The molecule has 0 bridgehead atoms. The average Bonchev–Trinajstić information content (AvgIpc) is 3.01. The second-order valence-corrected chi connectivity index (χ2v) is 9.40. The number of amidine groups is 1. The number of aliphatic imine (C=N–C) groups is 1. The lowest BCUT2D eigenvalue weighted by Gasteiger charge is -2.15. The van der Waals surface area contributed by atoms with Crippen molar-refractivity contribution < 1.29 is 9.72 Å². The van der Waals surface area contributed by atoms with Crippen LogP contribution in [0.5, 0.6) is 0 Å². The Balaban J connectivity index is 1.98. The van der Waals surface area contributed by atoms with Crippen LogP contribution < -0.4 is 0 Å². The molecule has 0 radical (unpaired) electrons. The van der Waals surface area contributed by atoms with Gasteiger partial charge < -0.3 is 0 Å².